The van der Waals surface area contributed by atoms with Crippen molar-refractivity contribution in [3.8, 4) is 0 Å². The SMILES string of the molecule is c1ccc2c(c1)CCCC2N(CC1CCNCC1)C1CC1. The summed E-state index contributed by atoms with van der Waals surface area (Å²) in [6, 6.07) is 10.8. The zero-order chi connectivity index (χ0) is 14.1. The summed E-state index contributed by atoms with van der Waals surface area (Å²) < 4.78 is 0. The van der Waals surface area contributed by atoms with Gasteiger partial charge in [0.15, 0.2) is 0 Å². The van der Waals surface area contributed by atoms with Crippen LogP contribution in [0.5, 0.6) is 0 Å². The number of hydrogen-bond donors (Lipinski definition) is 1. The Morgan fingerprint density at radius 2 is 1.81 bits per heavy atom. The normalized spacial score (nSPS) is 26.8. The number of hydrogen-bond acceptors (Lipinski definition) is 2. The van der Waals surface area contributed by atoms with Crippen LogP contribution < -0.4 is 5.32 Å². The first kappa shape index (κ1) is 13.8. The molecule has 3 aliphatic rings. The lowest BCUT2D eigenvalue weighted by Crippen LogP contribution is -2.40. The van der Waals surface area contributed by atoms with E-state index in [0.29, 0.717) is 6.04 Å². The number of nitrogens with zero attached hydrogens (tertiary/aromatic N) is 1. The Morgan fingerprint density at radius 3 is 2.62 bits per heavy atom. The van der Waals surface area contributed by atoms with Gasteiger partial charge < -0.3 is 5.32 Å². The molecule has 2 fully saturated rings. The van der Waals surface area contributed by atoms with E-state index in [9.17, 15) is 0 Å². The fraction of sp³-hybridized carbons (Fsp3) is 0.684. The van der Waals surface area contributed by atoms with Crippen LogP contribution in [-0.2, 0) is 6.42 Å². The minimum absolute atomic E-state index is 0.706. The molecule has 1 saturated carbocycles. The molecule has 2 heteroatoms. The third-order valence-electron chi connectivity index (χ3n) is 5.68. The molecule has 0 aromatic heterocycles. The standard InChI is InChI=1S/C19H28N2/c1-2-6-18-16(4-1)5-3-7-19(18)21(17-8-9-17)14-15-10-12-20-13-11-15/h1-2,4,6,15,17,19-20H,3,5,7-14H2. The average Bonchev–Trinajstić information content (AvgIpc) is 3.38. The molecule has 1 aromatic carbocycles. The third-order valence-corrected chi connectivity index (χ3v) is 5.68. The topological polar surface area (TPSA) is 15.3 Å². The number of fused-ring (bicyclic) bond motifs is 1. The van der Waals surface area contributed by atoms with Crippen LogP contribution in [-0.4, -0.2) is 30.6 Å². The molecule has 1 N–H and O–H groups in total. The molecule has 1 atom stereocenters. The van der Waals surface area contributed by atoms with Gasteiger partial charge in [-0.2, -0.15) is 0 Å². The summed E-state index contributed by atoms with van der Waals surface area (Å²) in [5.41, 5.74) is 3.26. The van der Waals surface area contributed by atoms with Crippen LogP contribution in [0, 0.1) is 5.92 Å². The van der Waals surface area contributed by atoms with E-state index in [1.165, 1.54) is 64.6 Å². The first-order valence-corrected chi connectivity index (χ1v) is 8.96. The van der Waals surface area contributed by atoms with Crippen molar-refractivity contribution in [1.29, 1.82) is 0 Å². The molecule has 0 radical (unpaired) electrons. The lowest BCUT2D eigenvalue weighted by atomic mass is 9.85. The first-order chi connectivity index (χ1) is 10.4. The summed E-state index contributed by atoms with van der Waals surface area (Å²) in [6.07, 6.45) is 9.65. The van der Waals surface area contributed by atoms with E-state index in [1.807, 2.05) is 0 Å². The molecule has 1 saturated heterocycles. The van der Waals surface area contributed by atoms with Crippen LogP contribution in [0.15, 0.2) is 24.3 Å². The summed E-state index contributed by atoms with van der Waals surface area (Å²) in [5, 5.41) is 3.51. The molecule has 1 heterocycles. The van der Waals surface area contributed by atoms with Gasteiger partial charge in [0.1, 0.15) is 0 Å². The second-order valence-electron chi connectivity index (χ2n) is 7.23. The van der Waals surface area contributed by atoms with E-state index in [1.54, 1.807) is 11.1 Å². The molecule has 1 aliphatic heterocycles. The zero-order valence-electron chi connectivity index (χ0n) is 13.1. The molecular formula is C19H28N2. The molecule has 2 nitrogen and oxygen atoms in total. The molecule has 0 amide bonds. The fourth-order valence-electron chi connectivity index (χ4n) is 4.37. The van der Waals surface area contributed by atoms with Crippen molar-refractivity contribution in [2.75, 3.05) is 19.6 Å². The Balaban J connectivity index is 1.54. The molecule has 2 aliphatic carbocycles. The molecule has 21 heavy (non-hydrogen) atoms. The Hall–Kier alpha value is -0.860. The minimum Gasteiger partial charge on any atom is -0.317 e. The Bertz CT molecular complexity index is 474. The zero-order valence-corrected chi connectivity index (χ0v) is 13.1. The molecular weight excluding hydrogens is 256 g/mol. The van der Waals surface area contributed by atoms with Crippen molar-refractivity contribution >= 4 is 0 Å². The summed E-state index contributed by atoms with van der Waals surface area (Å²) in [7, 11) is 0. The number of rotatable bonds is 4. The number of benzene rings is 1. The predicted molar refractivity (Wildman–Crippen MR) is 87.4 cm³/mol. The van der Waals surface area contributed by atoms with Gasteiger partial charge in [-0.15, -0.1) is 0 Å². The molecule has 1 aromatic rings. The van der Waals surface area contributed by atoms with Crippen molar-refractivity contribution in [2.24, 2.45) is 5.92 Å². The van der Waals surface area contributed by atoms with Gasteiger partial charge in [-0.25, -0.2) is 0 Å². The van der Waals surface area contributed by atoms with E-state index in [-0.39, 0.29) is 0 Å². The summed E-state index contributed by atoms with van der Waals surface area (Å²) >= 11 is 0. The Morgan fingerprint density at radius 1 is 1.00 bits per heavy atom. The summed E-state index contributed by atoms with van der Waals surface area (Å²) in [4.78, 5) is 2.90. The second kappa shape index (κ2) is 6.10. The highest BCUT2D eigenvalue weighted by Gasteiger charge is 2.37. The van der Waals surface area contributed by atoms with Crippen molar-refractivity contribution in [2.45, 2.75) is 57.0 Å². The molecule has 1 unspecified atom stereocenters. The highest BCUT2D eigenvalue weighted by atomic mass is 15.2. The minimum atomic E-state index is 0.706. The van der Waals surface area contributed by atoms with Gasteiger partial charge in [0.2, 0.25) is 0 Å². The Kier molecular flexibility index (Phi) is 4.00. The van der Waals surface area contributed by atoms with Crippen LogP contribution in [0.25, 0.3) is 0 Å². The van der Waals surface area contributed by atoms with Crippen LogP contribution in [0.3, 0.4) is 0 Å². The van der Waals surface area contributed by atoms with E-state index in [2.05, 4.69) is 34.5 Å². The van der Waals surface area contributed by atoms with Gasteiger partial charge in [0, 0.05) is 18.6 Å². The van der Waals surface area contributed by atoms with Crippen LogP contribution in [0.1, 0.15) is 55.7 Å². The van der Waals surface area contributed by atoms with E-state index in [4.69, 9.17) is 0 Å². The van der Waals surface area contributed by atoms with Crippen molar-refractivity contribution in [3.05, 3.63) is 35.4 Å². The monoisotopic (exact) mass is 284 g/mol. The fourth-order valence-corrected chi connectivity index (χ4v) is 4.37. The highest BCUT2D eigenvalue weighted by molar-refractivity contribution is 5.32. The lowest BCUT2D eigenvalue weighted by molar-refractivity contribution is 0.130. The van der Waals surface area contributed by atoms with Gasteiger partial charge in [-0.3, -0.25) is 4.90 Å². The molecule has 114 valence electrons. The van der Waals surface area contributed by atoms with Gasteiger partial charge in [-0.05, 0) is 75.1 Å². The van der Waals surface area contributed by atoms with E-state index in [0.717, 1.165) is 12.0 Å². The summed E-state index contributed by atoms with van der Waals surface area (Å²) in [6.45, 7) is 3.79. The van der Waals surface area contributed by atoms with Gasteiger partial charge >= 0.3 is 0 Å². The highest BCUT2D eigenvalue weighted by Crippen LogP contribution is 2.41. The maximum atomic E-state index is 3.51. The summed E-state index contributed by atoms with van der Waals surface area (Å²) in [5.74, 6) is 0.918. The van der Waals surface area contributed by atoms with E-state index >= 15 is 0 Å². The van der Waals surface area contributed by atoms with Crippen LogP contribution in [0.4, 0.5) is 0 Å². The quantitative estimate of drug-likeness (QED) is 0.910. The number of aryl methyl sites for hydroxylation is 1. The van der Waals surface area contributed by atoms with Crippen molar-refractivity contribution in [1.82, 2.24) is 10.2 Å². The number of nitrogens with one attached hydrogen (secondary N) is 1. The van der Waals surface area contributed by atoms with Crippen LogP contribution in [0.2, 0.25) is 0 Å². The lowest BCUT2D eigenvalue weighted by Gasteiger charge is -2.39. The Labute approximate surface area is 128 Å². The second-order valence-corrected chi connectivity index (χ2v) is 7.23. The largest absolute Gasteiger partial charge is 0.317 e. The van der Waals surface area contributed by atoms with Crippen LogP contribution >= 0.6 is 0 Å². The maximum Gasteiger partial charge on any atom is 0.0354 e. The molecule has 0 spiro atoms. The predicted octanol–water partition coefficient (Wildman–Crippen LogP) is 3.53. The number of piperidine rings is 1. The third kappa shape index (κ3) is 3.02. The van der Waals surface area contributed by atoms with Gasteiger partial charge in [0.25, 0.3) is 0 Å². The molecule has 0 bridgehead atoms. The van der Waals surface area contributed by atoms with Gasteiger partial charge in [-0.1, -0.05) is 24.3 Å². The van der Waals surface area contributed by atoms with Gasteiger partial charge in [0.05, 0.1) is 0 Å². The average molecular weight is 284 g/mol. The first-order valence-electron chi connectivity index (χ1n) is 8.96. The maximum absolute atomic E-state index is 3.51. The van der Waals surface area contributed by atoms with E-state index < -0.39 is 0 Å². The van der Waals surface area contributed by atoms with Crippen molar-refractivity contribution in [3.63, 3.8) is 0 Å². The smallest absolute Gasteiger partial charge is 0.0354 e. The molecule has 4 rings (SSSR count). The van der Waals surface area contributed by atoms with Crippen molar-refractivity contribution < 1.29 is 0 Å².